The first-order chi connectivity index (χ1) is 10.9. The summed E-state index contributed by atoms with van der Waals surface area (Å²) in [5, 5.41) is 22.0. The van der Waals surface area contributed by atoms with Crippen LogP contribution in [0.4, 0.5) is 0 Å². The molecule has 3 heterocycles. The Balaban J connectivity index is 1.65. The normalized spacial score (nSPS) is 18.3. The molecule has 3 rings (SSSR count). The lowest BCUT2D eigenvalue weighted by Gasteiger charge is -2.14. The molecule has 0 radical (unpaired) electrons. The topological polar surface area (TPSA) is 101 Å². The zero-order chi connectivity index (χ0) is 16.4. The summed E-state index contributed by atoms with van der Waals surface area (Å²) in [4.78, 5) is 12.5. The summed E-state index contributed by atoms with van der Waals surface area (Å²) < 4.78 is 1.74. The average molecular weight is 317 g/mol. The number of aromatic amines is 1. The second kappa shape index (κ2) is 6.10. The van der Waals surface area contributed by atoms with E-state index in [1.807, 2.05) is 6.07 Å². The number of tetrazole rings is 1. The summed E-state index contributed by atoms with van der Waals surface area (Å²) in [5.74, 6) is 0.354. The van der Waals surface area contributed by atoms with E-state index >= 15 is 0 Å². The second-order valence-electron chi connectivity index (χ2n) is 7.05. The number of H-pyrrole nitrogens is 1. The molecule has 8 heteroatoms. The molecule has 0 aliphatic carbocycles. The van der Waals surface area contributed by atoms with E-state index in [-0.39, 0.29) is 17.2 Å². The fourth-order valence-corrected chi connectivity index (χ4v) is 2.75. The van der Waals surface area contributed by atoms with Crippen molar-refractivity contribution < 1.29 is 4.79 Å². The van der Waals surface area contributed by atoms with Crippen molar-refractivity contribution in [1.29, 1.82) is 0 Å². The van der Waals surface area contributed by atoms with Gasteiger partial charge in [0.05, 0.1) is 23.9 Å². The van der Waals surface area contributed by atoms with Crippen LogP contribution in [0, 0.1) is 0 Å². The van der Waals surface area contributed by atoms with Gasteiger partial charge in [-0.1, -0.05) is 27.2 Å². The summed E-state index contributed by atoms with van der Waals surface area (Å²) in [7, 11) is 0. The molecular formula is C15H23N7O. The molecule has 23 heavy (non-hydrogen) atoms. The number of aromatic nitrogens is 6. The Morgan fingerprint density at radius 3 is 3.00 bits per heavy atom. The number of amides is 1. The largest absolute Gasteiger partial charge is 0.350 e. The van der Waals surface area contributed by atoms with Crippen molar-refractivity contribution >= 4 is 5.91 Å². The number of hydrogen-bond acceptors (Lipinski definition) is 5. The molecule has 1 amide bonds. The molecule has 0 saturated heterocycles. The lowest BCUT2D eigenvalue weighted by molar-refractivity contribution is -0.123. The van der Waals surface area contributed by atoms with Crippen LogP contribution in [0.3, 0.4) is 0 Å². The minimum absolute atomic E-state index is 0.0118. The van der Waals surface area contributed by atoms with Gasteiger partial charge in [-0.3, -0.25) is 9.89 Å². The van der Waals surface area contributed by atoms with Crippen molar-refractivity contribution in [2.24, 2.45) is 0 Å². The number of rotatable bonds is 3. The molecule has 0 aromatic carbocycles. The predicted molar refractivity (Wildman–Crippen MR) is 83.5 cm³/mol. The lowest BCUT2D eigenvalue weighted by Crippen LogP contribution is -2.30. The van der Waals surface area contributed by atoms with E-state index in [9.17, 15) is 4.79 Å². The molecule has 1 aliphatic rings. The number of carbonyl (C=O) groups excluding carboxylic acids is 1. The summed E-state index contributed by atoms with van der Waals surface area (Å²) in [5.41, 5.74) is 1.87. The van der Waals surface area contributed by atoms with Gasteiger partial charge in [-0.05, 0) is 29.3 Å². The highest BCUT2D eigenvalue weighted by Crippen LogP contribution is 2.24. The van der Waals surface area contributed by atoms with Crippen LogP contribution in [0.1, 0.15) is 63.2 Å². The molecule has 0 spiro atoms. The smallest absolute Gasteiger partial charge is 0.231 e. The van der Waals surface area contributed by atoms with Gasteiger partial charge < -0.3 is 5.32 Å². The highest BCUT2D eigenvalue weighted by molar-refractivity contribution is 5.82. The van der Waals surface area contributed by atoms with Crippen molar-refractivity contribution in [3.63, 3.8) is 0 Å². The second-order valence-corrected chi connectivity index (χ2v) is 7.05. The third-order valence-electron chi connectivity index (χ3n) is 4.15. The van der Waals surface area contributed by atoms with E-state index < -0.39 is 0 Å². The Kier molecular flexibility index (Phi) is 4.14. The third-order valence-corrected chi connectivity index (χ3v) is 4.15. The fraction of sp³-hybridized carbons (Fsp3) is 0.667. The van der Waals surface area contributed by atoms with E-state index in [0.29, 0.717) is 12.4 Å². The summed E-state index contributed by atoms with van der Waals surface area (Å²) in [6.45, 7) is 7.53. The van der Waals surface area contributed by atoms with Crippen LogP contribution in [0.5, 0.6) is 0 Å². The molecule has 1 aliphatic heterocycles. The van der Waals surface area contributed by atoms with Gasteiger partial charge >= 0.3 is 0 Å². The average Bonchev–Trinajstić information content (AvgIpc) is 3.10. The first-order valence-corrected chi connectivity index (χ1v) is 8.03. The molecule has 1 atom stereocenters. The standard InChI is InChI=1S/C15H23N7O/c1-15(2,3)12-8-10(17-18-12)9-16-14(23)11-6-4-5-7-22-13(11)19-20-21-22/h8,11H,4-7,9H2,1-3H3,(H,16,23)(H,17,18)/t11-/m1/s1. The fourth-order valence-electron chi connectivity index (χ4n) is 2.75. The lowest BCUT2D eigenvalue weighted by atomic mass is 9.92. The van der Waals surface area contributed by atoms with Crippen LogP contribution in [0.2, 0.25) is 0 Å². The van der Waals surface area contributed by atoms with E-state index in [4.69, 9.17) is 0 Å². The number of nitrogens with one attached hydrogen (secondary N) is 2. The van der Waals surface area contributed by atoms with Crippen molar-refractivity contribution in [3.8, 4) is 0 Å². The summed E-state index contributed by atoms with van der Waals surface area (Å²) in [6.07, 6.45) is 2.76. The first-order valence-electron chi connectivity index (χ1n) is 8.03. The Morgan fingerprint density at radius 1 is 1.43 bits per heavy atom. The maximum Gasteiger partial charge on any atom is 0.231 e. The predicted octanol–water partition coefficient (Wildman–Crippen LogP) is 1.28. The summed E-state index contributed by atoms with van der Waals surface area (Å²) in [6, 6.07) is 2.00. The number of carbonyl (C=O) groups is 1. The molecule has 2 N–H and O–H groups in total. The molecule has 124 valence electrons. The van der Waals surface area contributed by atoms with Gasteiger partial charge in [-0.25, -0.2) is 4.68 Å². The Morgan fingerprint density at radius 2 is 2.26 bits per heavy atom. The molecule has 2 aromatic heterocycles. The minimum Gasteiger partial charge on any atom is -0.350 e. The van der Waals surface area contributed by atoms with Gasteiger partial charge in [0, 0.05) is 12.0 Å². The van der Waals surface area contributed by atoms with Crippen LogP contribution in [-0.4, -0.2) is 36.3 Å². The quantitative estimate of drug-likeness (QED) is 0.888. The van der Waals surface area contributed by atoms with Gasteiger partial charge in [0.1, 0.15) is 0 Å². The maximum atomic E-state index is 12.5. The van der Waals surface area contributed by atoms with Gasteiger partial charge in [0.25, 0.3) is 0 Å². The SMILES string of the molecule is CC(C)(C)c1cc(CNC(=O)[C@@H]2CCCCn3nnnc32)[nH]n1. The van der Waals surface area contributed by atoms with Crippen molar-refractivity contribution in [2.45, 2.75) is 64.5 Å². The van der Waals surface area contributed by atoms with Crippen molar-refractivity contribution in [1.82, 2.24) is 35.7 Å². The van der Waals surface area contributed by atoms with Crippen LogP contribution in [0.15, 0.2) is 6.07 Å². The Bertz CT molecular complexity index is 682. The van der Waals surface area contributed by atoms with E-state index in [1.165, 1.54) is 0 Å². The summed E-state index contributed by atoms with van der Waals surface area (Å²) >= 11 is 0. The maximum absolute atomic E-state index is 12.5. The molecule has 0 unspecified atom stereocenters. The molecular weight excluding hydrogens is 294 g/mol. The number of aryl methyl sites for hydroxylation is 1. The Hall–Kier alpha value is -2.25. The van der Waals surface area contributed by atoms with Crippen molar-refractivity contribution in [3.05, 3.63) is 23.3 Å². The van der Waals surface area contributed by atoms with Crippen LogP contribution >= 0.6 is 0 Å². The highest BCUT2D eigenvalue weighted by atomic mass is 16.1. The van der Waals surface area contributed by atoms with Gasteiger partial charge in [-0.15, -0.1) is 5.10 Å². The third kappa shape index (κ3) is 3.40. The minimum atomic E-state index is -0.280. The van der Waals surface area contributed by atoms with Crippen LogP contribution < -0.4 is 5.32 Å². The van der Waals surface area contributed by atoms with Crippen molar-refractivity contribution in [2.75, 3.05) is 0 Å². The first kappa shape index (κ1) is 15.6. The van der Waals surface area contributed by atoms with Gasteiger partial charge in [0.2, 0.25) is 5.91 Å². The number of fused-ring (bicyclic) bond motifs is 1. The zero-order valence-electron chi connectivity index (χ0n) is 13.8. The van der Waals surface area contributed by atoms with Crippen LogP contribution in [-0.2, 0) is 23.3 Å². The van der Waals surface area contributed by atoms with E-state index in [1.54, 1.807) is 4.68 Å². The number of hydrogen-bond donors (Lipinski definition) is 2. The molecule has 0 fully saturated rings. The van der Waals surface area contributed by atoms with Crippen LogP contribution in [0.25, 0.3) is 0 Å². The molecule has 0 bridgehead atoms. The van der Waals surface area contributed by atoms with E-state index in [2.05, 4.69) is 51.8 Å². The monoisotopic (exact) mass is 317 g/mol. The Labute approximate surface area is 135 Å². The highest BCUT2D eigenvalue weighted by Gasteiger charge is 2.28. The zero-order valence-corrected chi connectivity index (χ0v) is 13.8. The van der Waals surface area contributed by atoms with Gasteiger partial charge in [0.15, 0.2) is 5.82 Å². The molecule has 2 aromatic rings. The van der Waals surface area contributed by atoms with E-state index in [0.717, 1.165) is 37.2 Å². The number of nitrogens with zero attached hydrogens (tertiary/aromatic N) is 5. The molecule has 8 nitrogen and oxygen atoms in total. The molecule has 0 saturated carbocycles. The van der Waals surface area contributed by atoms with Gasteiger partial charge in [-0.2, -0.15) is 5.10 Å².